The molecule has 2 aromatic rings. The van der Waals surface area contributed by atoms with Crippen LogP contribution in [0, 0.1) is 3.83 Å². The molecule has 1 aliphatic heterocycles. The second-order valence-electron chi connectivity index (χ2n) is 5.11. The molecule has 0 radical (unpaired) electrons. The zero-order chi connectivity index (χ0) is 16.7. The average Bonchev–Trinajstić information content (AvgIpc) is 2.99. The predicted octanol–water partition coefficient (Wildman–Crippen LogP) is -0.944. The molecule has 1 aliphatic rings. The van der Waals surface area contributed by atoms with Crippen molar-refractivity contribution < 1.29 is 20.1 Å². The van der Waals surface area contributed by atoms with E-state index in [1.165, 1.54) is 4.57 Å². The van der Waals surface area contributed by atoms with E-state index in [-0.39, 0.29) is 5.82 Å². The van der Waals surface area contributed by atoms with Crippen molar-refractivity contribution in [3.05, 3.63) is 3.83 Å². The molecule has 0 aliphatic carbocycles. The van der Waals surface area contributed by atoms with Gasteiger partial charge in [-0.25, -0.2) is 15.0 Å². The molecule has 10 nitrogen and oxygen atoms in total. The summed E-state index contributed by atoms with van der Waals surface area (Å²) in [5.74, 6) is 0.601. The van der Waals surface area contributed by atoms with E-state index in [0.29, 0.717) is 27.5 Å². The van der Waals surface area contributed by atoms with E-state index in [1.54, 1.807) is 0 Å². The van der Waals surface area contributed by atoms with Gasteiger partial charge in [-0.15, -0.1) is 0 Å². The number of anilines is 2. The fourth-order valence-electron chi connectivity index (χ4n) is 2.58. The standard InChI is InChI=1S/C12H17IN6O4/c1-2-15-12-16-5-8(14)17-11(13)18-9(5)19(12)10-7(22)6(21)4(3-20)23-10/h4,6-7,10,20-22H,2-3H2,1H3,(H,15,16)(H2,14,17,18)/t4-,6?,7?,10-/m1/s1. The van der Waals surface area contributed by atoms with Crippen LogP contribution in [0.25, 0.3) is 11.2 Å². The Bertz CT molecular complexity index is 725. The van der Waals surface area contributed by atoms with Gasteiger partial charge in [-0.1, -0.05) is 0 Å². The highest BCUT2D eigenvalue weighted by Gasteiger charge is 2.45. The highest BCUT2D eigenvalue weighted by molar-refractivity contribution is 14.1. The van der Waals surface area contributed by atoms with Crippen LogP contribution in [-0.2, 0) is 4.74 Å². The molecule has 3 heterocycles. The summed E-state index contributed by atoms with van der Waals surface area (Å²) in [6, 6.07) is 0. The Labute approximate surface area is 144 Å². The molecule has 23 heavy (non-hydrogen) atoms. The number of ether oxygens (including phenoxy) is 1. The minimum atomic E-state index is -1.24. The number of nitrogens with zero attached hydrogens (tertiary/aromatic N) is 4. The van der Waals surface area contributed by atoms with Crippen LogP contribution in [-0.4, -0.2) is 66.3 Å². The van der Waals surface area contributed by atoms with Crippen LogP contribution in [0.1, 0.15) is 13.2 Å². The Hall–Kier alpha value is -1.28. The zero-order valence-electron chi connectivity index (χ0n) is 12.2. The third-order valence-electron chi connectivity index (χ3n) is 3.65. The van der Waals surface area contributed by atoms with Gasteiger partial charge in [0.05, 0.1) is 6.61 Å². The number of imidazole rings is 1. The number of nitrogen functional groups attached to an aromatic ring is 1. The molecule has 11 heteroatoms. The zero-order valence-corrected chi connectivity index (χ0v) is 14.4. The molecule has 0 aromatic carbocycles. The van der Waals surface area contributed by atoms with Gasteiger partial charge in [0.15, 0.2) is 27.0 Å². The molecular weight excluding hydrogens is 419 g/mol. The normalized spacial score (nSPS) is 27.7. The van der Waals surface area contributed by atoms with Crippen molar-refractivity contribution in [1.29, 1.82) is 0 Å². The number of aliphatic hydroxyl groups is 3. The maximum atomic E-state index is 10.3. The van der Waals surface area contributed by atoms with Gasteiger partial charge >= 0.3 is 0 Å². The van der Waals surface area contributed by atoms with E-state index in [0.717, 1.165) is 0 Å². The van der Waals surface area contributed by atoms with Crippen LogP contribution in [0.2, 0.25) is 0 Å². The van der Waals surface area contributed by atoms with Gasteiger partial charge in [-0.2, -0.15) is 0 Å². The molecule has 6 N–H and O–H groups in total. The van der Waals surface area contributed by atoms with Crippen molar-refractivity contribution in [2.75, 3.05) is 24.2 Å². The van der Waals surface area contributed by atoms with Crippen molar-refractivity contribution in [2.45, 2.75) is 31.5 Å². The lowest BCUT2D eigenvalue weighted by atomic mass is 10.1. The number of hydrogen-bond acceptors (Lipinski definition) is 9. The molecule has 0 bridgehead atoms. The van der Waals surface area contributed by atoms with E-state index >= 15 is 0 Å². The van der Waals surface area contributed by atoms with E-state index in [2.05, 4.69) is 20.3 Å². The maximum absolute atomic E-state index is 10.3. The van der Waals surface area contributed by atoms with Crippen LogP contribution in [0.3, 0.4) is 0 Å². The van der Waals surface area contributed by atoms with E-state index < -0.39 is 31.1 Å². The van der Waals surface area contributed by atoms with Gasteiger partial charge in [0.2, 0.25) is 5.95 Å². The van der Waals surface area contributed by atoms with Crippen molar-refractivity contribution in [3.8, 4) is 0 Å². The van der Waals surface area contributed by atoms with Crippen LogP contribution >= 0.6 is 22.6 Å². The topological polar surface area (TPSA) is 152 Å². The summed E-state index contributed by atoms with van der Waals surface area (Å²) in [7, 11) is 0. The largest absolute Gasteiger partial charge is 0.394 e. The predicted molar refractivity (Wildman–Crippen MR) is 89.6 cm³/mol. The first kappa shape index (κ1) is 16.6. The van der Waals surface area contributed by atoms with Gasteiger partial charge in [0, 0.05) is 29.1 Å². The number of fused-ring (bicyclic) bond motifs is 1. The number of rotatable bonds is 4. The number of hydrogen-bond donors (Lipinski definition) is 5. The third kappa shape index (κ3) is 2.71. The van der Waals surface area contributed by atoms with Crippen LogP contribution < -0.4 is 11.1 Å². The molecule has 4 atom stereocenters. The Kier molecular flexibility index (Phi) is 4.55. The fraction of sp³-hybridized carbons (Fsp3) is 0.583. The lowest BCUT2D eigenvalue weighted by Gasteiger charge is -2.19. The van der Waals surface area contributed by atoms with E-state index in [9.17, 15) is 15.3 Å². The fourth-order valence-corrected chi connectivity index (χ4v) is 3.07. The molecule has 3 rings (SSSR count). The van der Waals surface area contributed by atoms with Crippen molar-refractivity contribution in [1.82, 2.24) is 19.5 Å². The summed E-state index contributed by atoms with van der Waals surface area (Å²) in [6.07, 6.45) is -4.29. The van der Waals surface area contributed by atoms with Crippen molar-refractivity contribution in [3.63, 3.8) is 0 Å². The molecular formula is C12H17IN6O4. The van der Waals surface area contributed by atoms with E-state index in [4.69, 9.17) is 10.5 Å². The Morgan fingerprint density at radius 2 is 2.04 bits per heavy atom. The Morgan fingerprint density at radius 1 is 1.30 bits per heavy atom. The summed E-state index contributed by atoms with van der Waals surface area (Å²) in [5.41, 5.74) is 6.65. The first-order valence-corrected chi connectivity index (χ1v) is 8.13. The summed E-state index contributed by atoms with van der Waals surface area (Å²) in [5, 5.41) is 32.6. The molecule has 0 spiro atoms. The lowest BCUT2D eigenvalue weighted by Crippen LogP contribution is -2.33. The van der Waals surface area contributed by atoms with Gasteiger partial charge in [0.1, 0.15) is 18.3 Å². The van der Waals surface area contributed by atoms with Crippen molar-refractivity contribution in [2.24, 2.45) is 0 Å². The number of nitrogens with two attached hydrogens (primary N) is 1. The number of aliphatic hydroxyl groups excluding tert-OH is 3. The summed E-state index contributed by atoms with van der Waals surface area (Å²) >= 11 is 1.93. The minimum absolute atomic E-state index is 0.212. The van der Waals surface area contributed by atoms with E-state index in [1.807, 2.05) is 29.5 Å². The quantitative estimate of drug-likeness (QED) is 0.302. The second kappa shape index (κ2) is 6.32. The van der Waals surface area contributed by atoms with Crippen LogP contribution in [0.5, 0.6) is 0 Å². The average molecular weight is 436 g/mol. The SMILES string of the molecule is CCNc1nc2c(N)nc(I)nc2n1[C@@H]1O[C@H](CO)C(O)C1O. The summed E-state index contributed by atoms with van der Waals surface area (Å²) in [6.45, 7) is 2.05. The van der Waals surface area contributed by atoms with Crippen molar-refractivity contribution >= 4 is 45.5 Å². The number of nitrogens with one attached hydrogen (secondary N) is 1. The molecule has 0 saturated carbocycles. The van der Waals surface area contributed by atoms with Gasteiger partial charge in [-0.05, 0) is 6.92 Å². The number of halogens is 1. The number of aromatic nitrogens is 4. The molecule has 126 valence electrons. The smallest absolute Gasteiger partial charge is 0.207 e. The Morgan fingerprint density at radius 3 is 2.65 bits per heavy atom. The van der Waals surface area contributed by atoms with Gasteiger partial charge in [-0.3, -0.25) is 4.57 Å². The molecule has 1 fully saturated rings. The monoisotopic (exact) mass is 436 g/mol. The highest BCUT2D eigenvalue weighted by Crippen LogP contribution is 2.35. The molecule has 2 unspecified atom stereocenters. The molecule has 1 saturated heterocycles. The molecule has 2 aromatic heterocycles. The second-order valence-corrected chi connectivity index (χ2v) is 6.08. The third-order valence-corrected chi connectivity index (χ3v) is 4.13. The maximum Gasteiger partial charge on any atom is 0.207 e. The summed E-state index contributed by atoms with van der Waals surface area (Å²) < 4.78 is 7.53. The van der Waals surface area contributed by atoms with Gasteiger partial charge < -0.3 is 31.1 Å². The van der Waals surface area contributed by atoms with Gasteiger partial charge in [0.25, 0.3) is 0 Å². The minimum Gasteiger partial charge on any atom is -0.394 e. The van der Waals surface area contributed by atoms with Crippen LogP contribution in [0.4, 0.5) is 11.8 Å². The summed E-state index contributed by atoms with van der Waals surface area (Å²) in [4.78, 5) is 12.7. The van der Waals surface area contributed by atoms with Crippen LogP contribution in [0.15, 0.2) is 0 Å². The first-order valence-electron chi connectivity index (χ1n) is 7.05. The highest BCUT2D eigenvalue weighted by atomic mass is 127. The first-order chi connectivity index (χ1) is 11.0. The lowest BCUT2D eigenvalue weighted by molar-refractivity contribution is -0.0501. The Balaban J connectivity index is 2.17. The molecule has 0 amide bonds.